The molecule has 0 unspecified atom stereocenters. The first-order valence-corrected chi connectivity index (χ1v) is 20.3. The first-order valence-electron chi connectivity index (χ1n) is 22.3. The molecule has 0 saturated heterocycles. The third-order valence-electron chi connectivity index (χ3n) is 10.5. The van der Waals surface area contributed by atoms with E-state index < -0.39 is 13.1 Å². The van der Waals surface area contributed by atoms with Gasteiger partial charge in [-0.15, -0.1) is 0 Å². The van der Waals surface area contributed by atoms with Crippen LogP contribution in [0.1, 0.15) is 168 Å². The van der Waals surface area contributed by atoms with Crippen molar-refractivity contribution in [1.82, 2.24) is 0 Å². The third kappa shape index (κ3) is 28.3. The predicted octanol–water partition coefficient (Wildman–Crippen LogP) is 11.4. The van der Waals surface area contributed by atoms with Gasteiger partial charge in [-0.05, 0) is 79.6 Å². The Kier molecular flexibility index (Phi) is 25.4. The summed E-state index contributed by atoms with van der Waals surface area (Å²) in [4.78, 5) is 0. The van der Waals surface area contributed by atoms with Gasteiger partial charge in [0.15, 0.2) is 0 Å². The van der Waals surface area contributed by atoms with Crippen LogP contribution in [0, 0.1) is 35.5 Å². The second-order valence-electron chi connectivity index (χ2n) is 15.9. The van der Waals surface area contributed by atoms with E-state index in [1.165, 1.54) is 64.2 Å². The van der Waals surface area contributed by atoms with E-state index in [2.05, 4.69) is 53.7 Å². The smallest absolute Gasteiger partial charge is 0.104 e. The number of rotatable bonds is 35. The number of benzene rings is 1. The molecule has 0 bridgehead atoms. The molecule has 0 radical (unpaired) electrons. The van der Waals surface area contributed by atoms with Crippen LogP contribution in [-0.4, -0.2) is 55.9 Å². The van der Waals surface area contributed by atoms with E-state index >= 15 is 0 Å². The average molecular weight is 695 g/mol. The van der Waals surface area contributed by atoms with Crippen LogP contribution in [0.25, 0.3) is 0 Å². The van der Waals surface area contributed by atoms with Gasteiger partial charge in [-0.25, -0.2) is 0 Å². The van der Waals surface area contributed by atoms with Crippen molar-refractivity contribution < 1.29 is 29.9 Å². The standard InChI is InChI=1S/C44H82O5/c1-37(16-10-20-39(3)24-14-30-45)18-12-22-41(5)28-32-47-35-44(36-48-34-43-26-8-7-9-27-43)49-33-29-42(6)23-13-19-38(2)17-11-21-40(4)25-15-31-46/h7-9,26-27,37-42,44-46H,10-25,28-36H2,1-6H3/t37-,38-,39+,40+,41-,42-,44+/m1/s1/i30D2,31D2. The van der Waals surface area contributed by atoms with E-state index in [1.54, 1.807) is 0 Å². The van der Waals surface area contributed by atoms with Crippen LogP contribution in [0.3, 0.4) is 0 Å². The minimum Gasteiger partial charge on any atom is -0.396 e. The molecule has 0 aliphatic carbocycles. The monoisotopic (exact) mass is 695 g/mol. The maximum atomic E-state index is 9.32. The number of hydrogen-bond donors (Lipinski definition) is 2. The van der Waals surface area contributed by atoms with Crippen molar-refractivity contribution in [2.45, 2.75) is 170 Å². The Bertz CT molecular complexity index is 973. The highest BCUT2D eigenvalue weighted by Gasteiger charge is 2.14. The zero-order valence-corrected chi connectivity index (χ0v) is 32.8. The largest absolute Gasteiger partial charge is 0.396 e. The lowest BCUT2D eigenvalue weighted by Crippen LogP contribution is -2.27. The van der Waals surface area contributed by atoms with Crippen LogP contribution in [0.5, 0.6) is 0 Å². The minimum atomic E-state index is -2.04. The van der Waals surface area contributed by atoms with Gasteiger partial charge in [0.05, 0.1) is 25.3 Å². The first-order chi connectivity index (χ1) is 25.0. The van der Waals surface area contributed by atoms with E-state index in [-0.39, 0.29) is 18.9 Å². The molecule has 5 heteroatoms. The quantitative estimate of drug-likeness (QED) is 0.0692. The Morgan fingerprint density at radius 2 is 0.857 bits per heavy atom. The van der Waals surface area contributed by atoms with Crippen molar-refractivity contribution in [1.29, 1.82) is 0 Å². The zero-order chi connectivity index (χ0) is 39.5. The lowest BCUT2D eigenvalue weighted by Gasteiger charge is -2.21. The second-order valence-corrected chi connectivity index (χ2v) is 15.9. The van der Waals surface area contributed by atoms with Crippen LogP contribution >= 0.6 is 0 Å². The molecule has 0 aliphatic rings. The van der Waals surface area contributed by atoms with Crippen LogP contribution < -0.4 is 0 Å². The summed E-state index contributed by atoms with van der Waals surface area (Å²) in [5.41, 5.74) is 1.16. The third-order valence-corrected chi connectivity index (χ3v) is 10.5. The Morgan fingerprint density at radius 3 is 1.29 bits per heavy atom. The van der Waals surface area contributed by atoms with E-state index in [4.69, 9.17) is 19.7 Å². The van der Waals surface area contributed by atoms with Crippen molar-refractivity contribution in [3.8, 4) is 0 Å². The molecule has 0 aliphatic heterocycles. The lowest BCUT2D eigenvalue weighted by atomic mass is 9.91. The molecule has 0 fully saturated rings. The summed E-state index contributed by atoms with van der Waals surface area (Å²) < 4.78 is 47.8. The topological polar surface area (TPSA) is 68.2 Å². The molecule has 1 aromatic carbocycles. The fraction of sp³-hybridized carbons (Fsp3) is 0.864. The van der Waals surface area contributed by atoms with E-state index in [9.17, 15) is 10.2 Å². The Morgan fingerprint density at radius 1 is 0.490 bits per heavy atom. The normalized spacial score (nSPS) is 18.0. The summed E-state index contributed by atoms with van der Waals surface area (Å²) >= 11 is 0. The van der Waals surface area contributed by atoms with Crippen LogP contribution in [0.15, 0.2) is 30.3 Å². The Hall–Kier alpha value is -0.980. The van der Waals surface area contributed by atoms with Gasteiger partial charge >= 0.3 is 0 Å². The van der Waals surface area contributed by atoms with Gasteiger partial charge < -0.3 is 24.4 Å². The second kappa shape index (κ2) is 31.7. The SMILES string of the molecule is [2H]C([2H])(O)CC[C@@H](C)CCC[C@@H](C)CCC[C@@H](C)CCOC[C@@H](COCc1ccccc1)OCC[C@H](C)CCC[C@H](C)CCC[C@H](C)CCC([2H])([2H])O. The fourth-order valence-corrected chi connectivity index (χ4v) is 6.71. The van der Waals surface area contributed by atoms with Gasteiger partial charge in [0, 0.05) is 26.3 Å². The van der Waals surface area contributed by atoms with Crippen molar-refractivity contribution in [2.75, 3.05) is 39.5 Å². The maximum Gasteiger partial charge on any atom is 0.104 e. The lowest BCUT2D eigenvalue weighted by molar-refractivity contribution is -0.0670. The van der Waals surface area contributed by atoms with E-state index in [0.717, 1.165) is 57.3 Å². The molecule has 0 heterocycles. The highest BCUT2D eigenvalue weighted by Crippen LogP contribution is 2.23. The van der Waals surface area contributed by atoms with E-state index in [0.29, 0.717) is 55.3 Å². The molecule has 2 N–H and O–H groups in total. The molecule has 0 saturated carbocycles. The molecular weight excluding hydrogens is 608 g/mol. The van der Waals surface area contributed by atoms with Crippen LogP contribution in [0.2, 0.25) is 0 Å². The molecule has 0 aromatic heterocycles. The summed E-state index contributed by atoms with van der Waals surface area (Å²) in [7, 11) is 0. The highest BCUT2D eigenvalue weighted by atomic mass is 16.6. The summed E-state index contributed by atoms with van der Waals surface area (Å²) in [6.07, 6.45) is 18.3. The average Bonchev–Trinajstić information content (AvgIpc) is 3.08. The van der Waals surface area contributed by atoms with Gasteiger partial charge in [-0.1, -0.05) is 149 Å². The predicted molar refractivity (Wildman–Crippen MR) is 209 cm³/mol. The van der Waals surface area contributed by atoms with E-state index in [1.807, 2.05) is 18.2 Å². The van der Waals surface area contributed by atoms with Crippen molar-refractivity contribution >= 4 is 0 Å². The molecular formula is C44H82O5. The zero-order valence-electron chi connectivity index (χ0n) is 36.8. The van der Waals surface area contributed by atoms with Crippen molar-refractivity contribution in [2.24, 2.45) is 35.5 Å². The van der Waals surface area contributed by atoms with Crippen molar-refractivity contribution in [3.63, 3.8) is 0 Å². The number of ether oxygens (including phenoxy) is 3. The number of hydrogen-bond acceptors (Lipinski definition) is 5. The Balaban J connectivity index is 2.28. The van der Waals surface area contributed by atoms with Gasteiger partial charge in [0.1, 0.15) is 6.10 Å². The Labute approximate surface area is 310 Å². The summed E-state index contributed by atoms with van der Waals surface area (Å²) in [6.45, 7) is 12.7. The molecule has 5 nitrogen and oxygen atoms in total. The summed E-state index contributed by atoms with van der Waals surface area (Å²) in [5, 5.41) is 18.6. The summed E-state index contributed by atoms with van der Waals surface area (Å²) in [5.74, 6) is 3.56. The van der Waals surface area contributed by atoms with Gasteiger partial charge in [0.25, 0.3) is 0 Å². The molecule has 49 heavy (non-hydrogen) atoms. The molecule has 1 rings (SSSR count). The molecule has 1 aromatic rings. The maximum absolute atomic E-state index is 9.32. The van der Waals surface area contributed by atoms with Gasteiger partial charge in [-0.2, -0.15) is 0 Å². The van der Waals surface area contributed by atoms with Crippen molar-refractivity contribution in [3.05, 3.63) is 35.9 Å². The molecule has 7 atom stereocenters. The van der Waals surface area contributed by atoms with Crippen LogP contribution in [0.4, 0.5) is 0 Å². The first kappa shape index (κ1) is 39.2. The minimum absolute atomic E-state index is 0.0756. The van der Waals surface area contributed by atoms with Gasteiger partial charge in [0.2, 0.25) is 0 Å². The van der Waals surface area contributed by atoms with Crippen LogP contribution in [-0.2, 0) is 20.8 Å². The molecule has 288 valence electrons. The molecule has 0 amide bonds. The van der Waals surface area contributed by atoms with Gasteiger partial charge in [-0.3, -0.25) is 0 Å². The fourth-order valence-electron chi connectivity index (χ4n) is 6.71. The summed E-state index contributed by atoms with van der Waals surface area (Å²) in [6, 6.07) is 10.3. The highest BCUT2D eigenvalue weighted by molar-refractivity contribution is 5.13. The molecule has 0 spiro atoms. The number of aliphatic hydroxyl groups is 2.